The van der Waals surface area contributed by atoms with Gasteiger partial charge in [0.15, 0.2) is 0 Å². The van der Waals surface area contributed by atoms with Crippen LogP contribution in [0.3, 0.4) is 0 Å². The molecule has 0 bridgehead atoms. The van der Waals surface area contributed by atoms with Crippen LogP contribution in [0.25, 0.3) is 0 Å². The van der Waals surface area contributed by atoms with Gasteiger partial charge in [-0.1, -0.05) is 13.8 Å². The van der Waals surface area contributed by atoms with Gasteiger partial charge in [-0.25, -0.2) is 4.79 Å². The summed E-state index contributed by atoms with van der Waals surface area (Å²) in [6.45, 7) is 8.18. The van der Waals surface area contributed by atoms with Gasteiger partial charge in [-0.05, 0) is 45.6 Å². The average molecular weight is 442 g/mol. The van der Waals surface area contributed by atoms with E-state index >= 15 is 0 Å². The normalized spacial score (nSPS) is 36.3. The molecule has 1 spiro atoms. The molecule has 2 aliphatic heterocycles. The van der Waals surface area contributed by atoms with Crippen molar-refractivity contribution in [3.63, 3.8) is 0 Å². The number of amides is 2. The highest BCUT2D eigenvalue weighted by molar-refractivity contribution is 5.78. The van der Waals surface area contributed by atoms with Crippen LogP contribution in [-0.2, 0) is 23.7 Å². The minimum Gasteiger partial charge on any atom is -0.443 e. The summed E-state index contributed by atoms with van der Waals surface area (Å²) in [5, 5.41) is 8.19. The number of likely N-dealkylation sites (N-methyl/N-ethyl adjacent to an activating group) is 1. The lowest BCUT2D eigenvalue weighted by Gasteiger charge is -2.42. The van der Waals surface area contributed by atoms with Crippen LogP contribution in [0.4, 0.5) is 4.79 Å². The van der Waals surface area contributed by atoms with Crippen LogP contribution in [0.5, 0.6) is 0 Å². The fourth-order valence-corrected chi connectivity index (χ4v) is 5.04. The molecule has 3 aliphatic rings. The first-order valence-electron chi connectivity index (χ1n) is 11.5. The Labute approximate surface area is 185 Å². The number of hydrogen-bond donors (Lipinski definition) is 3. The van der Waals surface area contributed by atoms with Gasteiger partial charge in [0.25, 0.3) is 0 Å². The van der Waals surface area contributed by atoms with Crippen LogP contribution in [-0.4, -0.2) is 81.9 Å². The second-order valence-corrected chi connectivity index (χ2v) is 9.58. The van der Waals surface area contributed by atoms with Crippen LogP contribution in [0.1, 0.15) is 46.5 Å². The summed E-state index contributed by atoms with van der Waals surface area (Å²) >= 11 is 0. The van der Waals surface area contributed by atoms with E-state index in [9.17, 15) is 9.59 Å². The first-order valence-corrected chi connectivity index (χ1v) is 11.5. The quantitative estimate of drug-likeness (QED) is 0.326. The minimum atomic E-state index is -0.500. The van der Waals surface area contributed by atoms with Crippen LogP contribution >= 0.6 is 0 Å². The van der Waals surface area contributed by atoms with E-state index in [1.54, 1.807) is 14.2 Å². The Morgan fingerprint density at radius 2 is 1.94 bits per heavy atom. The van der Waals surface area contributed by atoms with Crippen molar-refractivity contribution in [2.45, 2.75) is 76.0 Å². The van der Waals surface area contributed by atoms with E-state index in [1.165, 1.54) is 0 Å². The van der Waals surface area contributed by atoms with Crippen molar-refractivity contribution in [3.8, 4) is 0 Å². The van der Waals surface area contributed by atoms with Gasteiger partial charge in [-0.15, -0.1) is 0 Å². The molecule has 0 aromatic heterocycles. The summed E-state index contributed by atoms with van der Waals surface area (Å²) in [5.41, 5.74) is -0.544. The highest BCUT2D eigenvalue weighted by Crippen LogP contribution is 2.59. The maximum absolute atomic E-state index is 12.4. The molecule has 0 radical (unpaired) electrons. The zero-order valence-corrected chi connectivity index (χ0v) is 19.5. The zero-order valence-electron chi connectivity index (χ0n) is 19.5. The van der Waals surface area contributed by atoms with Crippen molar-refractivity contribution in [3.05, 3.63) is 0 Å². The number of rotatable bonds is 11. The monoisotopic (exact) mass is 441 g/mol. The fourth-order valence-electron chi connectivity index (χ4n) is 5.04. The van der Waals surface area contributed by atoms with Gasteiger partial charge in [-0.3, -0.25) is 4.79 Å². The maximum Gasteiger partial charge on any atom is 0.407 e. The van der Waals surface area contributed by atoms with Gasteiger partial charge in [0, 0.05) is 20.2 Å². The molecule has 9 nitrogen and oxygen atoms in total. The van der Waals surface area contributed by atoms with Crippen molar-refractivity contribution in [1.29, 1.82) is 0 Å². The minimum absolute atomic E-state index is 0.0227. The Hall–Kier alpha value is -1.42. The lowest BCUT2D eigenvalue weighted by Crippen LogP contribution is -2.56. The molecule has 31 heavy (non-hydrogen) atoms. The molecule has 6 atom stereocenters. The second-order valence-electron chi connectivity index (χ2n) is 9.58. The number of alkyl carbamates (subject to hydrolysis) is 1. The molecule has 0 aromatic rings. The van der Waals surface area contributed by atoms with E-state index in [0.29, 0.717) is 32.0 Å². The van der Waals surface area contributed by atoms with E-state index in [4.69, 9.17) is 18.9 Å². The molecule has 3 unspecified atom stereocenters. The summed E-state index contributed by atoms with van der Waals surface area (Å²) < 4.78 is 23.8. The molecular formula is C22H39N3O6. The number of methoxy groups -OCH3 is 1. The predicted octanol–water partition coefficient (Wildman–Crippen LogP) is 1.20. The summed E-state index contributed by atoms with van der Waals surface area (Å²) in [7, 11) is 3.37. The van der Waals surface area contributed by atoms with Gasteiger partial charge < -0.3 is 34.9 Å². The Morgan fingerprint density at radius 3 is 2.55 bits per heavy atom. The molecule has 2 saturated heterocycles. The van der Waals surface area contributed by atoms with Crippen molar-refractivity contribution in [2.75, 3.05) is 40.4 Å². The molecule has 1 saturated carbocycles. The van der Waals surface area contributed by atoms with Gasteiger partial charge in [-0.2, -0.15) is 0 Å². The Morgan fingerprint density at radius 1 is 1.23 bits per heavy atom. The standard InChI is InChI=1S/C22H39N3O6/c1-14(2)6-7-16-21(3,31-16)19-18(28-5)15(8-9-22(19)13-29-22)30-20(27)25-11-10-24-17(26)12-23-4/h14-16,18-19,23H,6-13H2,1-5H3,(H,24,26)(H,25,27)/t15?,16-,18?,19?,21+,22+/m1/s1. The molecule has 2 heterocycles. The number of carbonyl (C=O) groups excluding carboxylic acids is 2. The van der Waals surface area contributed by atoms with E-state index in [2.05, 4.69) is 36.7 Å². The molecule has 3 rings (SSSR count). The third-order valence-corrected chi connectivity index (χ3v) is 6.82. The SMILES string of the molecule is CNCC(=O)NCCNC(=O)OC1CC[C@]2(CO2)C([C@@]2(C)O[C@@H]2CCC(C)C)C1OC. The Kier molecular flexibility index (Phi) is 7.83. The van der Waals surface area contributed by atoms with Gasteiger partial charge in [0.2, 0.25) is 5.91 Å². The second kappa shape index (κ2) is 10.0. The molecule has 0 aromatic carbocycles. The van der Waals surface area contributed by atoms with Gasteiger partial charge >= 0.3 is 6.09 Å². The lowest BCUT2D eigenvalue weighted by molar-refractivity contribution is -0.120. The largest absolute Gasteiger partial charge is 0.443 e. The third-order valence-electron chi connectivity index (χ3n) is 6.82. The number of epoxide rings is 2. The lowest BCUT2D eigenvalue weighted by atomic mass is 9.68. The van der Waals surface area contributed by atoms with Crippen LogP contribution in [0.15, 0.2) is 0 Å². The molecule has 1 aliphatic carbocycles. The number of ether oxygens (including phenoxy) is 4. The molecular weight excluding hydrogens is 402 g/mol. The Bertz CT molecular complexity index is 641. The zero-order chi connectivity index (χ0) is 22.6. The highest BCUT2D eigenvalue weighted by Gasteiger charge is 2.72. The number of carbonyl (C=O) groups is 2. The topological polar surface area (TPSA) is 114 Å². The number of nitrogens with one attached hydrogen (secondary N) is 3. The van der Waals surface area contributed by atoms with E-state index in [1.807, 2.05) is 0 Å². The molecule has 3 N–H and O–H groups in total. The number of hydrogen-bond acceptors (Lipinski definition) is 7. The van der Waals surface area contributed by atoms with E-state index in [-0.39, 0.29) is 47.9 Å². The maximum atomic E-state index is 12.4. The smallest absolute Gasteiger partial charge is 0.407 e. The van der Waals surface area contributed by atoms with Gasteiger partial charge in [0.05, 0.1) is 25.2 Å². The van der Waals surface area contributed by atoms with E-state index in [0.717, 1.165) is 19.3 Å². The first-order chi connectivity index (χ1) is 14.8. The van der Waals surface area contributed by atoms with Crippen LogP contribution < -0.4 is 16.0 Å². The van der Waals surface area contributed by atoms with Crippen molar-refractivity contribution < 1.29 is 28.5 Å². The third kappa shape index (κ3) is 5.69. The van der Waals surface area contributed by atoms with Crippen molar-refractivity contribution >= 4 is 12.0 Å². The average Bonchev–Trinajstić information content (AvgIpc) is 3.63. The van der Waals surface area contributed by atoms with Crippen LogP contribution in [0, 0.1) is 11.8 Å². The fraction of sp³-hybridized carbons (Fsp3) is 0.909. The molecule has 178 valence electrons. The summed E-state index contributed by atoms with van der Waals surface area (Å²) in [6.07, 6.45) is 2.68. The summed E-state index contributed by atoms with van der Waals surface area (Å²) in [5.74, 6) is 0.535. The first kappa shape index (κ1) is 24.2. The molecule has 3 fully saturated rings. The van der Waals surface area contributed by atoms with E-state index < -0.39 is 6.09 Å². The highest BCUT2D eigenvalue weighted by atomic mass is 16.6. The van der Waals surface area contributed by atoms with Gasteiger partial charge in [0.1, 0.15) is 23.4 Å². The summed E-state index contributed by atoms with van der Waals surface area (Å²) in [6, 6.07) is 0. The van der Waals surface area contributed by atoms with Crippen molar-refractivity contribution in [2.24, 2.45) is 11.8 Å². The Balaban J connectivity index is 1.54. The molecule has 2 amide bonds. The predicted molar refractivity (Wildman–Crippen MR) is 115 cm³/mol. The van der Waals surface area contributed by atoms with Crippen LogP contribution in [0.2, 0.25) is 0 Å². The summed E-state index contributed by atoms with van der Waals surface area (Å²) in [4.78, 5) is 23.8. The van der Waals surface area contributed by atoms with Crippen molar-refractivity contribution in [1.82, 2.24) is 16.0 Å². The molecule has 9 heteroatoms.